The van der Waals surface area contributed by atoms with Crippen molar-refractivity contribution in [3.63, 3.8) is 0 Å². The predicted molar refractivity (Wildman–Crippen MR) is 73.1 cm³/mol. The predicted octanol–water partition coefficient (Wildman–Crippen LogP) is 4.08. The third-order valence-electron chi connectivity index (χ3n) is 2.71. The summed E-state index contributed by atoms with van der Waals surface area (Å²) in [5, 5.41) is 9.26. The summed E-state index contributed by atoms with van der Waals surface area (Å²) in [4.78, 5) is 15.4. The van der Waals surface area contributed by atoms with E-state index in [0.29, 0.717) is 5.69 Å². The number of carboxylic acids is 1. The molecular formula is C14H13F2NO2S. The number of rotatable bonds is 2. The molecule has 2 rings (SSSR count). The average molecular weight is 297 g/mol. The molecule has 0 fully saturated rings. The Morgan fingerprint density at radius 3 is 2.20 bits per heavy atom. The first-order valence-corrected chi connectivity index (χ1v) is 6.72. The Morgan fingerprint density at radius 1 is 1.25 bits per heavy atom. The molecule has 1 N–H and O–H groups in total. The second kappa shape index (κ2) is 4.94. The van der Waals surface area contributed by atoms with Crippen molar-refractivity contribution in [3.05, 3.63) is 40.4 Å². The molecule has 20 heavy (non-hydrogen) atoms. The molecule has 1 aromatic heterocycles. The molecule has 0 saturated carbocycles. The Kier molecular flexibility index (Phi) is 3.60. The molecule has 0 radical (unpaired) electrons. The minimum atomic E-state index is -1.14. The van der Waals surface area contributed by atoms with Gasteiger partial charge in [0.1, 0.15) is 21.5 Å². The van der Waals surface area contributed by atoms with E-state index >= 15 is 0 Å². The van der Waals surface area contributed by atoms with Crippen LogP contribution in [0.25, 0.3) is 10.6 Å². The van der Waals surface area contributed by atoms with Crippen molar-refractivity contribution in [2.24, 2.45) is 0 Å². The number of thiazole rings is 1. The largest absolute Gasteiger partial charge is 0.477 e. The Bertz CT molecular complexity index is 654. The van der Waals surface area contributed by atoms with Crippen molar-refractivity contribution in [1.29, 1.82) is 0 Å². The minimum Gasteiger partial charge on any atom is -0.477 e. The molecule has 0 spiro atoms. The lowest BCUT2D eigenvalue weighted by atomic mass is 9.91. The van der Waals surface area contributed by atoms with Crippen LogP contribution in [0.5, 0.6) is 0 Å². The summed E-state index contributed by atoms with van der Waals surface area (Å²) in [6.45, 7) is 5.40. The van der Waals surface area contributed by atoms with E-state index in [-0.39, 0.29) is 15.4 Å². The van der Waals surface area contributed by atoms with Crippen LogP contribution in [-0.2, 0) is 5.41 Å². The van der Waals surface area contributed by atoms with Gasteiger partial charge in [-0.05, 0) is 12.1 Å². The fourth-order valence-corrected chi connectivity index (χ4v) is 2.95. The summed E-state index contributed by atoms with van der Waals surface area (Å²) in [7, 11) is 0. The molecule has 0 aliphatic rings. The maximum Gasteiger partial charge on any atom is 0.347 e. The van der Waals surface area contributed by atoms with Crippen LogP contribution in [0.15, 0.2) is 18.2 Å². The lowest BCUT2D eigenvalue weighted by Gasteiger charge is -2.16. The molecule has 106 valence electrons. The summed E-state index contributed by atoms with van der Waals surface area (Å²) >= 11 is 0.785. The Labute approximate surface area is 118 Å². The van der Waals surface area contributed by atoms with Gasteiger partial charge in [0.05, 0.1) is 11.3 Å². The van der Waals surface area contributed by atoms with Crippen molar-refractivity contribution < 1.29 is 18.7 Å². The second-order valence-corrected chi connectivity index (χ2v) is 6.35. The van der Waals surface area contributed by atoms with E-state index in [1.54, 1.807) is 20.8 Å². The zero-order valence-corrected chi connectivity index (χ0v) is 12.0. The van der Waals surface area contributed by atoms with Crippen LogP contribution in [0, 0.1) is 11.6 Å². The van der Waals surface area contributed by atoms with Gasteiger partial charge in [0.15, 0.2) is 0 Å². The van der Waals surface area contributed by atoms with E-state index in [2.05, 4.69) is 4.98 Å². The highest BCUT2D eigenvalue weighted by molar-refractivity contribution is 7.17. The highest BCUT2D eigenvalue weighted by atomic mass is 32.1. The third kappa shape index (κ3) is 2.56. The van der Waals surface area contributed by atoms with Crippen molar-refractivity contribution in [2.45, 2.75) is 26.2 Å². The van der Waals surface area contributed by atoms with Gasteiger partial charge in [-0.2, -0.15) is 0 Å². The SMILES string of the molecule is CC(C)(C)c1nc(-c2c(F)cccc2F)sc1C(=O)O. The second-order valence-electron chi connectivity index (χ2n) is 5.35. The number of hydrogen-bond donors (Lipinski definition) is 1. The normalized spacial score (nSPS) is 11.7. The number of carboxylic acid groups (broad SMARTS) is 1. The minimum absolute atomic E-state index is 0.00940. The van der Waals surface area contributed by atoms with E-state index < -0.39 is 23.0 Å². The molecule has 3 nitrogen and oxygen atoms in total. The van der Waals surface area contributed by atoms with Gasteiger partial charge in [-0.15, -0.1) is 11.3 Å². The van der Waals surface area contributed by atoms with Crippen LogP contribution in [0.3, 0.4) is 0 Å². The number of nitrogens with zero attached hydrogens (tertiary/aromatic N) is 1. The highest BCUT2D eigenvalue weighted by Crippen LogP contribution is 2.36. The Morgan fingerprint density at radius 2 is 1.80 bits per heavy atom. The van der Waals surface area contributed by atoms with E-state index in [1.807, 2.05) is 0 Å². The Hall–Kier alpha value is -1.82. The quantitative estimate of drug-likeness (QED) is 0.908. The van der Waals surface area contributed by atoms with Gasteiger partial charge >= 0.3 is 5.97 Å². The zero-order valence-electron chi connectivity index (χ0n) is 11.2. The molecule has 1 heterocycles. The smallest absolute Gasteiger partial charge is 0.347 e. The molecule has 1 aromatic carbocycles. The molecular weight excluding hydrogens is 284 g/mol. The van der Waals surface area contributed by atoms with Crippen LogP contribution >= 0.6 is 11.3 Å². The van der Waals surface area contributed by atoms with Gasteiger partial charge in [0.2, 0.25) is 0 Å². The molecule has 0 bridgehead atoms. The standard InChI is InChI=1S/C14H13F2NO2S/c1-14(2,3)11-10(13(18)19)20-12(17-11)9-7(15)5-4-6-8(9)16/h4-6H,1-3H3,(H,18,19). The topological polar surface area (TPSA) is 50.2 Å². The van der Waals surface area contributed by atoms with Crippen molar-refractivity contribution in [2.75, 3.05) is 0 Å². The fourth-order valence-electron chi connectivity index (χ4n) is 1.78. The number of aromatic nitrogens is 1. The van der Waals surface area contributed by atoms with E-state index in [4.69, 9.17) is 0 Å². The van der Waals surface area contributed by atoms with Crippen molar-refractivity contribution in [3.8, 4) is 10.6 Å². The van der Waals surface area contributed by atoms with Crippen LogP contribution in [0.4, 0.5) is 8.78 Å². The van der Waals surface area contributed by atoms with Crippen LogP contribution in [0.1, 0.15) is 36.1 Å². The molecule has 0 saturated heterocycles. The van der Waals surface area contributed by atoms with E-state index in [0.717, 1.165) is 23.5 Å². The van der Waals surface area contributed by atoms with Gasteiger partial charge < -0.3 is 5.11 Å². The molecule has 0 aliphatic carbocycles. The van der Waals surface area contributed by atoms with Crippen LogP contribution in [0.2, 0.25) is 0 Å². The van der Waals surface area contributed by atoms with Gasteiger partial charge in [-0.25, -0.2) is 18.6 Å². The summed E-state index contributed by atoms with van der Waals surface area (Å²) in [5.41, 5.74) is -0.479. The highest BCUT2D eigenvalue weighted by Gasteiger charge is 2.28. The first-order chi connectivity index (χ1) is 9.21. The number of benzene rings is 1. The van der Waals surface area contributed by atoms with Gasteiger partial charge in [-0.1, -0.05) is 26.8 Å². The first kappa shape index (κ1) is 14.6. The summed E-state index contributed by atoms with van der Waals surface area (Å²) in [6.07, 6.45) is 0. The zero-order chi connectivity index (χ0) is 15.1. The maximum absolute atomic E-state index is 13.8. The van der Waals surface area contributed by atoms with E-state index in [1.165, 1.54) is 6.07 Å². The lowest BCUT2D eigenvalue weighted by Crippen LogP contribution is -2.16. The number of hydrogen-bond acceptors (Lipinski definition) is 3. The average Bonchev–Trinajstić information content (AvgIpc) is 2.73. The number of carbonyl (C=O) groups is 1. The maximum atomic E-state index is 13.8. The van der Waals surface area contributed by atoms with Crippen LogP contribution in [-0.4, -0.2) is 16.1 Å². The first-order valence-electron chi connectivity index (χ1n) is 5.91. The third-order valence-corrected chi connectivity index (χ3v) is 3.77. The van der Waals surface area contributed by atoms with Crippen molar-refractivity contribution in [1.82, 2.24) is 4.98 Å². The van der Waals surface area contributed by atoms with Crippen LogP contribution < -0.4 is 0 Å². The monoisotopic (exact) mass is 297 g/mol. The van der Waals surface area contributed by atoms with E-state index in [9.17, 15) is 18.7 Å². The molecule has 6 heteroatoms. The Balaban J connectivity index is 2.69. The lowest BCUT2D eigenvalue weighted by molar-refractivity contribution is 0.0699. The molecule has 0 aliphatic heterocycles. The van der Waals surface area contributed by atoms with Gasteiger partial charge in [-0.3, -0.25) is 0 Å². The molecule has 0 unspecified atom stereocenters. The molecule has 0 atom stereocenters. The number of halogens is 2. The molecule has 2 aromatic rings. The number of aromatic carboxylic acids is 1. The van der Waals surface area contributed by atoms with Gasteiger partial charge in [0, 0.05) is 5.41 Å². The summed E-state index contributed by atoms with van der Waals surface area (Å²) < 4.78 is 27.5. The van der Waals surface area contributed by atoms with Gasteiger partial charge in [0.25, 0.3) is 0 Å². The molecule has 0 amide bonds. The summed E-state index contributed by atoms with van der Waals surface area (Å²) in [5.74, 6) is -2.65. The summed E-state index contributed by atoms with van der Waals surface area (Å²) in [6, 6.07) is 3.50. The fraction of sp³-hybridized carbons (Fsp3) is 0.286. The van der Waals surface area contributed by atoms with Crippen molar-refractivity contribution >= 4 is 17.3 Å².